The van der Waals surface area contributed by atoms with Gasteiger partial charge in [0.15, 0.2) is 0 Å². The zero-order chi connectivity index (χ0) is 15.3. The Balaban J connectivity index is 2.28. The number of hydrogen-bond acceptors (Lipinski definition) is 3. The molecule has 0 radical (unpaired) electrons. The summed E-state index contributed by atoms with van der Waals surface area (Å²) in [6.07, 6.45) is 1.59. The molecular weight excluding hydrogens is 332 g/mol. The van der Waals surface area contributed by atoms with Gasteiger partial charge in [-0.1, -0.05) is 46.3 Å². The minimum absolute atomic E-state index is 0.217. The smallest absolute Gasteiger partial charge is 0.257 e. The molecule has 4 nitrogen and oxygen atoms in total. The first-order chi connectivity index (χ1) is 10.1. The van der Waals surface area contributed by atoms with E-state index in [1.807, 2.05) is 37.3 Å². The number of carbonyl (C=O) groups excluding carboxylic acids is 1. The second-order valence-electron chi connectivity index (χ2n) is 4.85. The van der Waals surface area contributed by atoms with Gasteiger partial charge in [-0.25, -0.2) is 4.98 Å². The van der Waals surface area contributed by atoms with Crippen LogP contribution in [-0.2, 0) is 5.54 Å². The van der Waals surface area contributed by atoms with Crippen LogP contribution in [0.3, 0.4) is 0 Å². The average molecular weight is 349 g/mol. The van der Waals surface area contributed by atoms with Gasteiger partial charge in [-0.15, -0.1) is 0 Å². The Morgan fingerprint density at radius 1 is 1.29 bits per heavy atom. The number of carbonyl (C=O) groups is 1. The van der Waals surface area contributed by atoms with E-state index in [0.29, 0.717) is 16.8 Å². The van der Waals surface area contributed by atoms with E-state index in [1.165, 1.54) is 7.11 Å². The Bertz CT molecular complexity index is 619. The van der Waals surface area contributed by atoms with Crippen LogP contribution >= 0.6 is 15.9 Å². The number of nitrogens with zero attached hydrogens (tertiary/aromatic N) is 1. The van der Waals surface area contributed by atoms with Crippen LogP contribution < -0.4 is 10.1 Å². The highest BCUT2D eigenvalue weighted by Gasteiger charge is 2.28. The number of halogens is 1. The van der Waals surface area contributed by atoms with Gasteiger partial charge < -0.3 is 10.1 Å². The minimum atomic E-state index is -0.515. The third-order valence-corrected chi connectivity index (χ3v) is 4.40. The van der Waals surface area contributed by atoms with Crippen LogP contribution in [0.5, 0.6) is 5.88 Å². The topological polar surface area (TPSA) is 51.2 Å². The Hall–Kier alpha value is -1.88. The Morgan fingerprint density at radius 2 is 2.00 bits per heavy atom. The molecule has 1 N–H and O–H groups in total. The van der Waals surface area contributed by atoms with Crippen molar-refractivity contribution >= 4 is 21.8 Å². The third kappa shape index (κ3) is 3.42. The number of alkyl halides is 1. The Kier molecular flexibility index (Phi) is 4.96. The number of rotatable bonds is 5. The normalized spacial score (nSPS) is 13.3. The van der Waals surface area contributed by atoms with Crippen LogP contribution in [0.2, 0.25) is 0 Å². The van der Waals surface area contributed by atoms with Crippen molar-refractivity contribution in [2.24, 2.45) is 0 Å². The fourth-order valence-corrected chi connectivity index (χ4v) is 2.50. The number of methoxy groups -OCH3 is 1. The zero-order valence-electron chi connectivity index (χ0n) is 12.0. The molecular formula is C16H17BrN2O2. The molecule has 2 rings (SSSR count). The van der Waals surface area contributed by atoms with Crippen LogP contribution in [0.4, 0.5) is 0 Å². The summed E-state index contributed by atoms with van der Waals surface area (Å²) < 4.78 is 5.14. The van der Waals surface area contributed by atoms with Crippen molar-refractivity contribution in [3.8, 4) is 5.88 Å². The summed E-state index contributed by atoms with van der Waals surface area (Å²) in [5.41, 5.74) is 0.931. The molecule has 1 amide bonds. The molecule has 110 valence electrons. The first kappa shape index (κ1) is 15.5. The van der Waals surface area contributed by atoms with Gasteiger partial charge in [-0.05, 0) is 24.6 Å². The minimum Gasteiger partial charge on any atom is -0.480 e. The van der Waals surface area contributed by atoms with Crippen molar-refractivity contribution in [2.75, 3.05) is 12.4 Å². The molecule has 5 heteroatoms. The van der Waals surface area contributed by atoms with E-state index in [2.05, 4.69) is 26.2 Å². The zero-order valence-corrected chi connectivity index (χ0v) is 13.6. The molecule has 0 saturated carbocycles. The summed E-state index contributed by atoms with van der Waals surface area (Å²) in [5.74, 6) is 0.103. The van der Waals surface area contributed by atoms with Gasteiger partial charge in [-0.3, -0.25) is 4.79 Å². The number of amides is 1. The number of nitrogens with one attached hydrogen (secondary N) is 1. The van der Waals surface area contributed by atoms with E-state index in [1.54, 1.807) is 18.3 Å². The van der Waals surface area contributed by atoms with Gasteiger partial charge >= 0.3 is 0 Å². The first-order valence-corrected chi connectivity index (χ1v) is 7.66. The lowest BCUT2D eigenvalue weighted by atomic mass is 9.94. The molecule has 2 aromatic rings. The van der Waals surface area contributed by atoms with Crippen LogP contribution in [0.15, 0.2) is 48.7 Å². The molecule has 0 bridgehead atoms. The first-order valence-electron chi connectivity index (χ1n) is 6.54. The fraction of sp³-hybridized carbons (Fsp3) is 0.250. The predicted molar refractivity (Wildman–Crippen MR) is 85.8 cm³/mol. The maximum Gasteiger partial charge on any atom is 0.257 e. The van der Waals surface area contributed by atoms with E-state index in [0.717, 1.165) is 5.56 Å². The van der Waals surface area contributed by atoms with E-state index >= 15 is 0 Å². The molecule has 0 spiro atoms. The van der Waals surface area contributed by atoms with E-state index in [-0.39, 0.29) is 5.91 Å². The second-order valence-corrected chi connectivity index (χ2v) is 5.41. The molecule has 0 fully saturated rings. The highest BCUT2D eigenvalue weighted by Crippen LogP contribution is 2.24. The molecule has 0 aliphatic rings. The third-order valence-electron chi connectivity index (χ3n) is 3.28. The summed E-state index contributed by atoms with van der Waals surface area (Å²) in [7, 11) is 1.50. The fourth-order valence-electron chi connectivity index (χ4n) is 2.03. The standard InChI is InChI=1S/C16H17BrN2O2/c1-16(11-17,12-7-4-3-5-8-12)19-14(20)13-9-6-10-18-15(13)21-2/h3-10H,11H2,1-2H3,(H,19,20). The van der Waals surface area contributed by atoms with Gasteiger partial charge in [-0.2, -0.15) is 0 Å². The molecule has 21 heavy (non-hydrogen) atoms. The summed E-state index contributed by atoms with van der Waals surface area (Å²) in [4.78, 5) is 16.6. The van der Waals surface area contributed by atoms with Crippen LogP contribution in [0.25, 0.3) is 0 Å². The average Bonchev–Trinajstić information content (AvgIpc) is 2.55. The highest BCUT2D eigenvalue weighted by atomic mass is 79.9. The lowest BCUT2D eigenvalue weighted by Crippen LogP contribution is -2.45. The molecule has 1 unspecified atom stereocenters. The molecule has 1 aromatic carbocycles. The van der Waals surface area contributed by atoms with E-state index < -0.39 is 5.54 Å². The SMILES string of the molecule is COc1ncccc1C(=O)NC(C)(CBr)c1ccccc1. The summed E-state index contributed by atoms with van der Waals surface area (Å²) in [5, 5.41) is 3.64. The summed E-state index contributed by atoms with van der Waals surface area (Å²) in [6, 6.07) is 13.2. The predicted octanol–water partition coefficient (Wildman–Crippen LogP) is 3.13. The maximum absolute atomic E-state index is 12.5. The van der Waals surface area contributed by atoms with Gasteiger partial charge in [0.05, 0.1) is 12.6 Å². The largest absolute Gasteiger partial charge is 0.480 e. The number of aromatic nitrogens is 1. The maximum atomic E-state index is 12.5. The van der Waals surface area contributed by atoms with Crippen LogP contribution in [0.1, 0.15) is 22.8 Å². The monoisotopic (exact) mass is 348 g/mol. The number of pyridine rings is 1. The highest BCUT2D eigenvalue weighted by molar-refractivity contribution is 9.09. The Morgan fingerprint density at radius 3 is 2.62 bits per heavy atom. The molecule has 1 aromatic heterocycles. The molecule has 1 heterocycles. The van der Waals surface area contributed by atoms with Gasteiger partial charge in [0.25, 0.3) is 5.91 Å². The second kappa shape index (κ2) is 6.72. The van der Waals surface area contributed by atoms with Crippen molar-refractivity contribution in [1.82, 2.24) is 10.3 Å². The van der Waals surface area contributed by atoms with Gasteiger partial charge in [0.2, 0.25) is 5.88 Å². The summed E-state index contributed by atoms with van der Waals surface area (Å²) in [6.45, 7) is 1.97. The van der Waals surface area contributed by atoms with Crippen molar-refractivity contribution in [1.29, 1.82) is 0 Å². The molecule has 0 aliphatic carbocycles. The summed E-state index contributed by atoms with van der Waals surface area (Å²) >= 11 is 3.48. The van der Waals surface area contributed by atoms with Crippen LogP contribution in [-0.4, -0.2) is 23.3 Å². The number of benzene rings is 1. The molecule has 1 atom stereocenters. The Labute approximate surface area is 132 Å². The quantitative estimate of drug-likeness (QED) is 0.844. The van der Waals surface area contributed by atoms with Crippen molar-refractivity contribution in [2.45, 2.75) is 12.5 Å². The van der Waals surface area contributed by atoms with Crippen LogP contribution in [0, 0.1) is 0 Å². The van der Waals surface area contributed by atoms with E-state index in [9.17, 15) is 4.79 Å². The van der Waals surface area contributed by atoms with Crippen molar-refractivity contribution in [3.05, 3.63) is 59.8 Å². The van der Waals surface area contributed by atoms with Crippen molar-refractivity contribution < 1.29 is 9.53 Å². The number of hydrogen-bond donors (Lipinski definition) is 1. The lowest BCUT2D eigenvalue weighted by Gasteiger charge is -2.29. The van der Waals surface area contributed by atoms with E-state index in [4.69, 9.17) is 4.74 Å². The molecule has 0 aliphatic heterocycles. The molecule has 0 saturated heterocycles. The van der Waals surface area contributed by atoms with Crippen molar-refractivity contribution in [3.63, 3.8) is 0 Å². The van der Waals surface area contributed by atoms with Gasteiger partial charge in [0.1, 0.15) is 5.56 Å². The van der Waals surface area contributed by atoms with Gasteiger partial charge in [0, 0.05) is 11.5 Å². The number of ether oxygens (including phenoxy) is 1. The lowest BCUT2D eigenvalue weighted by molar-refractivity contribution is 0.0910.